The number of imide groups is 2. The van der Waals surface area contributed by atoms with Crippen LogP contribution in [0.3, 0.4) is 0 Å². The molecule has 30 heavy (non-hydrogen) atoms. The Bertz CT molecular complexity index is 832. The van der Waals surface area contributed by atoms with Gasteiger partial charge in [-0.25, -0.2) is 9.69 Å². The van der Waals surface area contributed by atoms with Crippen molar-refractivity contribution in [2.24, 2.45) is 11.8 Å². The number of hydrogen-bond donors (Lipinski definition) is 0. The van der Waals surface area contributed by atoms with Gasteiger partial charge in [0.2, 0.25) is 0 Å². The van der Waals surface area contributed by atoms with Crippen molar-refractivity contribution in [3.05, 3.63) is 35.9 Å². The second-order valence-electron chi connectivity index (χ2n) is 8.78. The number of piperidine rings is 1. The molecule has 2 heterocycles. The number of nitrogens with zero attached hydrogens (tertiary/aromatic N) is 3. The zero-order valence-corrected chi connectivity index (χ0v) is 17.5. The third-order valence-electron chi connectivity index (χ3n) is 6.84. The van der Waals surface area contributed by atoms with Crippen LogP contribution in [0.5, 0.6) is 0 Å². The van der Waals surface area contributed by atoms with E-state index in [4.69, 9.17) is 0 Å². The van der Waals surface area contributed by atoms with Crippen LogP contribution in [0.1, 0.15) is 55.8 Å². The van der Waals surface area contributed by atoms with Crippen LogP contribution < -0.4 is 0 Å². The maximum Gasteiger partial charge on any atom is 0.335 e. The first-order valence-electron chi connectivity index (χ1n) is 11.0. The van der Waals surface area contributed by atoms with Crippen molar-refractivity contribution in [1.82, 2.24) is 14.7 Å². The molecule has 1 aliphatic carbocycles. The smallest absolute Gasteiger partial charge is 0.294 e. The molecule has 0 unspecified atom stereocenters. The molecule has 2 aliphatic heterocycles. The van der Waals surface area contributed by atoms with E-state index in [2.05, 4.69) is 0 Å². The number of carbonyl (C=O) groups is 4. The predicted octanol–water partition coefficient (Wildman–Crippen LogP) is 2.91. The summed E-state index contributed by atoms with van der Waals surface area (Å²) < 4.78 is 0. The van der Waals surface area contributed by atoms with Gasteiger partial charge in [-0.05, 0) is 31.6 Å². The standard InChI is InChI=1S/C23H29N3O4/c1-16-7-5-6-10-19(16)26-22(29)21(28)25(23(26)30)15-24-13-11-18(12-14-24)20(27)17-8-3-2-4-9-17/h2-4,8-9,16,18-19H,5-7,10-15H2,1H3/t16-,19+/m1/s1. The van der Waals surface area contributed by atoms with Crippen LogP contribution in [0.2, 0.25) is 0 Å². The highest BCUT2D eigenvalue weighted by atomic mass is 16.2. The van der Waals surface area contributed by atoms with Gasteiger partial charge in [-0.3, -0.25) is 24.2 Å². The minimum atomic E-state index is -0.722. The average Bonchev–Trinajstić information content (AvgIpc) is 2.98. The summed E-state index contributed by atoms with van der Waals surface area (Å²) in [6.07, 6.45) is 5.18. The Morgan fingerprint density at radius 2 is 1.60 bits per heavy atom. The van der Waals surface area contributed by atoms with Crippen molar-refractivity contribution in [2.45, 2.75) is 51.5 Å². The molecular weight excluding hydrogens is 382 g/mol. The van der Waals surface area contributed by atoms with Gasteiger partial charge >= 0.3 is 17.8 Å². The van der Waals surface area contributed by atoms with E-state index in [-0.39, 0.29) is 30.3 Å². The molecule has 0 bridgehead atoms. The Kier molecular flexibility index (Phi) is 5.99. The monoisotopic (exact) mass is 411 g/mol. The van der Waals surface area contributed by atoms with E-state index in [1.165, 1.54) is 4.90 Å². The molecule has 0 N–H and O–H groups in total. The fourth-order valence-corrected chi connectivity index (χ4v) is 4.99. The maximum atomic E-state index is 12.9. The molecule has 3 aliphatic rings. The molecule has 2 atom stereocenters. The number of Topliss-reactive ketones (excluding diaryl/α,β-unsaturated/α-hetero) is 1. The lowest BCUT2D eigenvalue weighted by atomic mass is 9.85. The number of hydrogen-bond acceptors (Lipinski definition) is 5. The molecule has 4 amide bonds. The summed E-state index contributed by atoms with van der Waals surface area (Å²) >= 11 is 0. The lowest BCUT2D eigenvalue weighted by Crippen LogP contribution is -2.48. The number of carbonyl (C=O) groups excluding carboxylic acids is 4. The van der Waals surface area contributed by atoms with Crippen molar-refractivity contribution in [1.29, 1.82) is 0 Å². The van der Waals surface area contributed by atoms with Gasteiger partial charge < -0.3 is 0 Å². The normalized spacial score (nSPS) is 26.5. The molecule has 1 aromatic carbocycles. The quantitative estimate of drug-likeness (QED) is 0.423. The van der Waals surface area contributed by atoms with Crippen molar-refractivity contribution in [3.8, 4) is 0 Å². The van der Waals surface area contributed by atoms with Crippen LogP contribution in [0.25, 0.3) is 0 Å². The second kappa shape index (κ2) is 8.68. The van der Waals surface area contributed by atoms with Gasteiger partial charge in [0.15, 0.2) is 5.78 Å². The molecule has 2 saturated heterocycles. The van der Waals surface area contributed by atoms with Gasteiger partial charge in [0.25, 0.3) is 0 Å². The number of amides is 4. The molecule has 1 aromatic rings. The number of urea groups is 1. The SMILES string of the molecule is C[C@@H]1CCCC[C@@H]1N1C(=O)C(=O)N(CN2CCC(C(=O)c3ccccc3)CC2)C1=O. The Balaban J connectivity index is 1.36. The van der Waals surface area contributed by atoms with Crippen LogP contribution in [0.4, 0.5) is 4.79 Å². The van der Waals surface area contributed by atoms with Crippen molar-refractivity contribution >= 4 is 23.6 Å². The zero-order valence-electron chi connectivity index (χ0n) is 17.5. The van der Waals surface area contributed by atoms with Crippen LogP contribution in [-0.4, -0.2) is 64.1 Å². The van der Waals surface area contributed by atoms with E-state index in [1.54, 1.807) is 0 Å². The highest BCUT2D eigenvalue weighted by Gasteiger charge is 2.49. The number of ketones is 1. The summed E-state index contributed by atoms with van der Waals surface area (Å²) in [5.41, 5.74) is 0.726. The third kappa shape index (κ3) is 3.90. The Labute approximate surface area is 177 Å². The minimum Gasteiger partial charge on any atom is -0.294 e. The lowest BCUT2D eigenvalue weighted by molar-refractivity contribution is -0.145. The maximum absolute atomic E-state index is 12.9. The molecule has 0 radical (unpaired) electrons. The predicted molar refractivity (Wildman–Crippen MR) is 110 cm³/mol. The molecule has 160 valence electrons. The molecule has 1 saturated carbocycles. The largest absolute Gasteiger partial charge is 0.335 e. The Morgan fingerprint density at radius 3 is 2.27 bits per heavy atom. The van der Waals surface area contributed by atoms with Crippen LogP contribution in [0.15, 0.2) is 30.3 Å². The molecule has 7 heteroatoms. The van der Waals surface area contributed by atoms with Gasteiger partial charge in [0.05, 0.1) is 6.67 Å². The first-order chi connectivity index (χ1) is 14.5. The molecule has 7 nitrogen and oxygen atoms in total. The highest BCUT2D eigenvalue weighted by molar-refractivity contribution is 6.44. The average molecular weight is 412 g/mol. The topological polar surface area (TPSA) is 78.0 Å². The third-order valence-corrected chi connectivity index (χ3v) is 6.84. The van der Waals surface area contributed by atoms with Gasteiger partial charge in [-0.15, -0.1) is 0 Å². The fraction of sp³-hybridized carbons (Fsp3) is 0.565. The summed E-state index contributed by atoms with van der Waals surface area (Å²) in [5.74, 6) is -1.08. The van der Waals surface area contributed by atoms with Crippen LogP contribution in [-0.2, 0) is 9.59 Å². The van der Waals surface area contributed by atoms with Gasteiger partial charge in [0, 0.05) is 30.6 Å². The van der Waals surface area contributed by atoms with Gasteiger partial charge in [-0.1, -0.05) is 50.1 Å². The summed E-state index contributed by atoms with van der Waals surface area (Å²) in [5, 5.41) is 0. The van der Waals surface area contributed by atoms with Gasteiger partial charge in [0.1, 0.15) is 0 Å². The van der Waals surface area contributed by atoms with Crippen molar-refractivity contribution < 1.29 is 19.2 Å². The van der Waals surface area contributed by atoms with Crippen molar-refractivity contribution in [3.63, 3.8) is 0 Å². The summed E-state index contributed by atoms with van der Waals surface area (Å²) in [7, 11) is 0. The Hall–Kier alpha value is -2.54. The summed E-state index contributed by atoms with van der Waals surface area (Å²) in [6.45, 7) is 3.40. The van der Waals surface area contributed by atoms with E-state index < -0.39 is 17.8 Å². The van der Waals surface area contributed by atoms with E-state index in [0.29, 0.717) is 25.9 Å². The number of likely N-dealkylation sites (tertiary alicyclic amines) is 1. The fourth-order valence-electron chi connectivity index (χ4n) is 4.99. The zero-order chi connectivity index (χ0) is 21.3. The number of benzene rings is 1. The first kappa shape index (κ1) is 20.7. The first-order valence-corrected chi connectivity index (χ1v) is 11.0. The summed E-state index contributed by atoms with van der Waals surface area (Å²) in [4.78, 5) is 55.0. The molecule has 0 spiro atoms. The molecular formula is C23H29N3O4. The second-order valence-corrected chi connectivity index (χ2v) is 8.78. The van der Waals surface area contributed by atoms with Gasteiger partial charge in [-0.2, -0.15) is 0 Å². The van der Waals surface area contributed by atoms with E-state index in [1.807, 2.05) is 42.2 Å². The van der Waals surface area contributed by atoms with E-state index in [0.717, 1.165) is 36.1 Å². The molecule has 3 fully saturated rings. The highest BCUT2D eigenvalue weighted by Crippen LogP contribution is 2.31. The van der Waals surface area contributed by atoms with E-state index >= 15 is 0 Å². The molecule has 0 aromatic heterocycles. The van der Waals surface area contributed by atoms with Crippen LogP contribution >= 0.6 is 0 Å². The summed E-state index contributed by atoms with van der Waals surface area (Å²) in [6, 6.07) is 8.63. The molecule has 4 rings (SSSR count). The number of rotatable bonds is 5. The van der Waals surface area contributed by atoms with Crippen molar-refractivity contribution in [2.75, 3.05) is 19.8 Å². The van der Waals surface area contributed by atoms with Crippen LogP contribution in [0, 0.1) is 11.8 Å². The Morgan fingerprint density at radius 1 is 0.933 bits per heavy atom. The minimum absolute atomic E-state index is 0.0464. The van der Waals surface area contributed by atoms with E-state index in [9.17, 15) is 19.2 Å². The lowest BCUT2D eigenvalue weighted by Gasteiger charge is -2.35.